The van der Waals surface area contributed by atoms with E-state index < -0.39 is 10.0 Å². The molecular formula is C10H22N2O3S. The summed E-state index contributed by atoms with van der Waals surface area (Å²) in [4.78, 5) is 0. The van der Waals surface area contributed by atoms with Gasteiger partial charge in [0.05, 0.1) is 12.4 Å². The van der Waals surface area contributed by atoms with E-state index in [1.165, 1.54) is 0 Å². The van der Waals surface area contributed by atoms with Crippen LogP contribution in [-0.2, 0) is 14.8 Å². The molecule has 0 aromatic carbocycles. The van der Waals surface area contributed by atoms with Crippen molar-refractivity contribution in [3.8, 4) is 0 Å². The van der Waals surface area contributed by atoms with Gasteiger partial charge in [0.1, 0.15) is 0 Å². The third kappa shape index (κ3) is 6.42. The first kappa shape index (κ1) is 13.9. The van der Waals surface area contributed by atoms with Crippen LogP contribution >= 0.6 is 0 Å². The summed E-state index contributed by atoms with van der Waals surface area (Å²) in [7, 11) is -3.06. The second-order valence-corrected chi connectivity index (χ2v) is 6.26. The Labute approximate surface area is 97.8 Å². The second-order valence-electron chi connectivity index (χ2n) is 4.43. The molecule has 0 atom stereocenters. The Kier molecular flexibility index (Phi) is 5.68. The van der Waals surface area contributed by atoms with Crippen LogP contribution in [0.4, 0.5) is 0 Å². The predicted molar refractivity (Wildman–Crippen MR) is 63.6 cm³/mol. The van der Waals surface area contributed by atoms with Crippen molar-refractivity contribution in [1.82, 2.24) is 4.72 Å². The molecule has 1 aliphatic rings. The van der Waals surface area contributed by atoms with E-state index in [4.69, 9.17) is 10.5 Å². The number of ether oxygens (including phenoxy) is 1. The summed E-state index contributed by atoms with van der Waals surface area (Å²) in [5.41, 5.74) is 5.79. The van der Waals surface area contributed by atoms with Gasteiger partial charge in [0.15, 0.2) is 0 Å². The maximum atomic E-state index is 10.8. The van der Waals surface area contributed by atoms with Crippen molar-refractivity contribution in [2.75, 3.05) is 19.4 Å². The number of nitrogens with two attached hydrogens (primary N) is 1. The lowest BCUT2D eigenvalue weighted by atomic mass is 9.94. The van der Waals surface area contributed by atoms with Gasteiger partial charge in [0, 0.05) is 19.2 Å². The average Bonchev–Trinajstić information content (AvgIpc) is 2.19. The highest BCUT2D eigenvalue weighted by Gasteiger charge is 2.18. The molecule has 0 radical (unpaired) electrons. The van der Waals surface area contributed by atoms with Gasteiger partial charge >= 0.3 is 0 Å². The Morgan fingerprint density at radius 3 is 2.50 bits per heavy atom. The molecule has 0 aromatic rings. The van der Waals surface area contributed by atoms with E-state index in [0.717, 1.165) is 38.4 Å². The molecule has 0 aromatic heterocycles. The molecule has 1 aliphatic carbocycles. The summed E-state index contributed by atoms with van der Waals surface area (Å²) < 4.78 is 29.6. The Morgan fingerprint density at radius 1 is 1.31 bits per heavy atom. The van der Waals surface area contributed by atoms with E-state index >= 15 is 0 Å². The molecule has 0 saturated heterocycles. The third-order valence-corrected chi connectivity index (χ3v) is 3.49. The molecule has 1 rings (SSSR count). The first-order chi connectivity index (χ1) is 7.47. The lowest BCUT2D eigenvalue weighted by Crippen LogP contribution is -2.31. The van der Waals surface area contributed by atoms with E-state index in [-0.39, 0.29) is 0 Å². The summed E-state index contributed by atoms with van der Waals surface area (Å²) in [6.07, 6.45) is 6.32. The number of hydrogen-bond acceptors (Lipinski definition) is 4. The van der Waals surface area contributed by atoms with Crippen molar-refractivity contribution < 1.29 is 13.2 Å². The summed E-state index contributed by atoms with van der Waals surface area (Å²) in [5, 5.41) is 0. The monoisotopic (exact) mass is 250 g/mol. The Balaban J connectivity index is 1.99. The van der Waals surface area contributed by atoms with Gasteiger partial charge in [-0.2, -0.15) is 0 Å². The summed E-state index contributed by atoms with van der Waals surface area (Å²) >= 11 is 0. The molecular weight excluding hydrogens is 228 g/mol. The molecule has 96 valence electrons. The molecule has 0 heterocycles. The summed E-state index contributed by atoms with van der Waals surface area (Å²) in [6, 6.07) is 0.340. The van der Waals surface area contributed by atoms with Crippen LogP contribution in [0.1, 0.15) is 32.1 Å². The van der Waals surface area contributed by atoms with Crippen molar-refractivity contribution in [2.24, 2.45) is 5.73 Å². The van der Waals surface area contributed by atoms with Crippen LogP contribution < -0.4 is 10.5 Å². The van der Waals surface area contributed by atoms with Crippen molar-refractivity contribution in [3.63, 3.8) is 0 Å². The summed E-state index contributed by atoms with van der Waals surface area (Å²) in [6.45, 7) is 1.06. The zero-order valence-corrected chi connectivity index (χ0v) is 10.6. The van der Waals surface area contributed by atoms with Crippen LogP contribution in [0.25, 0.3) is 0 Å². The average molecular weight is 250 g/mol. The van der Waals surface area contributed by atoms with Gasteiger partial charge in [-0.05, 0) is 32.1 Å². The normalized spacial score (nSPS) is 26.9. The lowest BCUT2D eigenvalue weighted by molar-refractivity contribution is 0.0245. The summed E-state index contributed by atoms with van der Waals surface area (Å²) in [5.74, 6) is 0. The van der Waals surface area contributed by atoms with E-state index in [1.54, 1.807) is 0 Å². The van der Waals surface area contributed by atoms with E-state index in [1.807, 2.05) is 0 Å². The van der Waals surface area contributed by atoms with Crippen molar-refractivity contribution in [1.29, 1.82) is 0 Å². The van der Waals surface area contributed by atoms with Gasteiger partial charge in [-0.1, -0.05) is 0 Å². The Bertz CT molecular complexity index is 284. The molecule has 1 fully saturated rings. The highest BCUT2D eigenvalue weighted by Crippen LogP contribution is 2.19. The fraction of sp³-hybridized carbons (Fsp3) is 1.00. The topological polar surface area (TPSA) is 81.4 Å². The minimum absolute atomic E-state index is 0.318. The molecule has 0 bridgehead atoms. The fourth-order valence-corrected chi connectivity index (χ4v) is 2.35. The number of hydrogen-bond donors (Lipinski definition) is 2. The molecule has 3 N–H and O–H groups in total. The molecule has 0 unspecified atom stereocenters. The van der Waals surface area contributed by atoms with Crippen LogP contribution in [0, 0.1) is 0 Å². The maximum Gasteiger partial charge on any atom is 0.208 e. The zero-order valence-electron chi connectivity index (χ0n) is 9.81. The van der Waals surface area contributed by atoms with Gasteiger partial charge in [-0.15, -0.1) is 0 Å². The van der Waals surface area contributed by atoms with Crippen LogP contribution in [0.3, 0.4) is 0 Å². The molecule has 0 aliphatic heterocycles. The second kappa shape index (κ2) is 6.54. The quantitative estimate of drug-likeness (QED) is 0.660. The molecule has 0 amide bonds. The van der Waals surface area contributed by atoms with E-state index in [0.29, 0.717) is 25.3 Å². The molecule has 0 spiro atoms. The minimum atomic E-state index is -3.06. The van der Waals surface area contributed by atoms with E-state index in [9.17, 15) is 8.42 Å². The number of sulfonamides is 1. The zero-order chi connectivity index (χ0) is 12.0. The Morgan fingerprint density at radius 2 is 1.94 bits per heavy atom. The van der Waals surface area contributed by atoms with Gasteiger partial charge < -0.3 is 10.5 Å². The van der Waals surface area contributed by atoms with Crippen LogP contribution in [0.2, 0.25) is 0 Å². The van der Waals surface area contributed by atoms with Crippen molar-refractivity contribution >= 4 is 10.0 Å². The lowest BCUT2D eigenvalue weighted by Gasteiger charge is -2.26. The van der Waals surface area contributed by atoms with Gasteiger partial charge in [-0.3, -0.25) is 0 Å². The highest BCUT2D eigenvalue weighted by molar-refractivity contribution is 7.88. The molecule has 16 heavy (non-hydrogen) atoms. The van der Waals surface area contributed by atoms with Gasteiger partial charge in [0.2, 0.25) is 10.0 Å². The molecule has 5 nitrogen and oxygen atoms in total. The van der Waals surface area contributed by atoms with Crippen LogP contribution in [-0.4, -0.2) is 40.0 Å². The smallest absolute Gasteiger partial charge is 0.208 e. The van der Waals surface area contributed by atoms with Crippen molar-refractivity contribution in [3.05, 3.63) is 0 Å². The number of rotatable bonds is 6. The SMILES string of the molecule is CS(=O)(=O)NCCCOC1CCC(N)CC1. The molecule has 1 saturated carbocycles. The largest absolute Gasteiger partial charge is 0.378 e. The van der Waals surface area contributed by atoms with Gasteiger partial charge in [0.25, 0.3) is 0 Å². The maximum absolute atomic E-state index is 10.8. The molecule has 6 heteroatoms. The first-order valence-electron chi connectivity index (χ1n) is 5.79. The van der Waals surface area contributed by atoms with Crippen molar-refractivity contribution in [2.45, 2.75) is 44.2 Å². The fourth-order valence-electron chi connectivity index (χ4n) is 1.84. The van der Waals surface area contributed by atoms with Gasteiger partial charge in [-0.25, -0.2) is 13.1 Å². The first-order valence-corrected chi connectivity index (χ1v) is 7.68. The van der Waals surface area contributed by atoms with E-state index in [2.05, 4.69) is 4.72 Å². The van der Waals surface area contributed by atoms with Crippen LogP contribution in [0.5, 0.6) is 0 Å². The Hall–Kier alpha value is -0.170. The highest BCUT2D eigenvalue weighted by atomic mass is 32.2. The predicted octanol–water partition coefficient (Wildman–Crippen LogP) is 0.212. The van der Waals surface area contributed by atoms with Crippen LogP contribution in [0.15, 0.2) is 0 Å². The minimum Gasteiger partial charge on any atom is -0.378 e. The standard InChI is InChI=1S/C10H22N2O3S/c1-16(13,14)12-7-2-8-15-10-5-3-9(11)4-6-10/h9-10,12H,2-8,11H2,1H3. The number of nitrogens with one attached hydrogen (secondary N) is 1. The third-order valence-electron chi connectivity index (χ3n) is 2.76.